The molecule has 0 aromatic carbocycles. The van der Waals surface area contributed by atoms with Gasteiger partial charge in [-0.15, -0.1) is 0 Å². The maximum atomic E-state index is 5.69. The highest BCUT2D eigenvalue weighted by Crippen LogP contribution is 2.14. The summed E-state index contributed by atoms with van der Waals surface area (Å²) in [6.07, 6.45) is 2.43. The molecule has 0 bridgehead atoms. The van der Waals surface area contributed by atoms with Crippen LogP contribution < -0.4 is 10.1 Å². The molecule has 1 N–H and O–H groups in total. The molecule has 1 saturated heterocycles. The second-order valence-electron chi connectivity index (χ2n) is 4.12. The Bertz CT molecular complexity index is 308. The molecule has 3 nitrogen and oxygen atoms in total. The number of hydrogen-bond acceptors (Lipinski definition) is 3. The summed E-state index contributed by atoms with van der Waals surface area (Å²) in [5.41, 5.74) is 1.01. The van der Waals surface area contributed by atoms with E-state index in [1.54, 1.807) is 0 Å². The number of nitrogens with one attached hydrogen (secondary N) is 1. The Morgan fingerprint density at radius 3 is 2.93 bits per heavy atom. The molecule has 2 rings (SSSR count). The minimum absolute atomic E-state index is 0.688. The van der Waals surface area contributed by atoms with Crippen LogP contribution in [0.1, 0.15) is 18.5 Å². The molecule has 2 heterocycles. The largest absolute Gasteiger partial charge is 0.477 e. The van der Waals surface area contributed by atoms with Gasteiger partial charge in [-0.3, -0.25) is 0 Å². The molecule has 1 fully saturated rings. The van der Waals surface area contributed by atoms with Crippen LogP contribution >= 0.6 is 0 Å². The van der Waals surface area contributed by atoms with Crippen LogP contribution in [0.3, 0.4) is 0 Å². The number of hydrogen-bond donors (Lipinski definition) is 1. The molecular weight excluding hydrogens is 188 g/mol. The first-order valence-corrected chi connectivity index (χ1v) is 5.62. The van der Waals surface area contributed by atoms with Crippen molar-refractivity contribution in [2.45, 2.75) is 19.8 Å². The van der Waals surface area contributed by atoms with Crippen LogP contribution in [0.15, 0.2) is 18.2 Å². The molecule has 15 heavy (non-hydrogen) atoms. The highest BCUT2D eigenvalue weighted by molar-refractivity contribution is 5.14. The van der Waals surface area contributed by atoms with Crippen molar-refractivity contribution in [1.29, 1.82) is 0 Å². The van der Waals surface area contributed by atoms with E-state index in [-0.39, 0.29) is 0 Å². The van der Waals surface area contributed by atoms with Gasteiger partial charge in [0.25, 0.3) is 0 Å². The van der Waals surface area contributed by atoms with Crippen LogP contribution in [0, 0.1) is 12.8 Å². The van der Waals surface area contributed by atoms with E-state index >= 15 is 0 Å². The topological polar surface area (TPSA) is 34.1 Å². The molecule has 1 aromatic rings. The van der Waals surface area contributed by atoms with Crippen LogP contribution in [0.4, 0.5) is 0 Å². The number of pyridine rings is 1. The maximum Gasteiger partial charge on any atom is 0.213 e. The van der Waals surface area contributed by atoms with E-state index in [0.29, 0.717) is 5.92 Å². The van der Waals surface area contributed by atoms with E-state index in [1.165, 1.54) is 12.8 Å². The first-order valence-electron chi connectivity index (χ1n) is 5.62. The second-order valence-corrected chi connectivity index (χ2v) is 4.12. The summed E-state index contributed by atoms with van der Waals surface area (Å²) in [6, 6.07) is 5.89. The van der Waals surface area contributed by atoms with Crippen molar-refractivity contribution < 1.29 is 4.74 Å². The first-order chi connectivity index (χ1) is 7.34. The first kappa shape index (κ1) is 10.4. The van der Waals surface area contributed by atoms with Gasteiger partial charge in [0.1, 0.15) is 0 Å². The second kappa shape index (κ2) is 5.12. The molecule has 0 spiro atoms. The molecule has 0 aliphatic carbocycles. The van der Waals surface area contributed by atoms with Crippen molar-refractivity contribution in [2.24, 2.45) is 5.92 Å². The summed E-state index contributed by atoms with van der Waals surface area (Å²) in [4.78, 5) is 4.32. The average Bonchev–Trinajstić information content (AvgIpc) is 2.28. The van der Waals surface area contributed by atoms with Gasteiger partial charge in [0, 0.05) is 11.8 Å². The summed E-state index contributed by atoms with van der Waals surface area (Å²) in [6.45, 7) is 5.03. The minimum atomic E-state index is 0.688. The van der Waals surface area contributed by atoms with Gasteiger partial charge >= 0.3 is 0 Å². The number of ether oxygens (including phenoxy) is 1. The average molecular weight is 206 g/mol. The van der Waals surface area contributed by atoms with Gasteiger partial charge < -0.3 is 10.1 Å². The quantitative estimate of drug-likeness (QED) is 0.818. The van der Waals surface area contributed by atoms with Crippen molar-refractivity contribution in [3.8, 4) is 5.88 Å². The smallest absolute Gasteiger partial charge is 0.213 e. The Hall–Kier alpha value is -1.09. The van der Waals surface area contributed by atoms with Crippen LogP contribution in [0.5, 0.6) is 5.88 Å². The van der Waals surface area contributed by atoms with E-state index in [9.17, 15) is 0 Å². The van der Waals surface area contributed by atoms with Gasteiger partial charge in [0.15, 0.2) is 0 Å². The highest BCUT2D eigenvalue weighted by Gasteiger charge is 2.13. The van der Waals surface area contributed by atoms with E-state index in [4.69, 9.17) is 4.74 Å². The van der Waals surface area contributed by atoms with Crippen molar-refractivity contribution in [2.75, 3.05) is 19.7 Å². The van der Waals surface area contributed by atoms with Crippen molar-refractivity contribution in [3.63, 3.8) is 0 Å². The predicted octanol–water partition coefficient (Wildman–Crippen LogP) is 1.77. The number of piperidine rings is 1. The summed E-state index contributed by atoms with van der Waals surface area (Å²) >= 11 is 0. The lowest BCUT2D eigenvalue weighted by molar-refractivity contribution is 0.208. The predicted molar refractivity (Wildman–Crippen MR) is 60.1 cm³/mol. The fourth-order valence-electron chi connectivity index (χ4n) is 1.85. The van der Waals surface area contributed by atoms with Crippen LogP contribution in [0.2, 0.25) is 0 Å². The van der Waals surface area contributed by atoms with E-state index in [0.717, 1.165) is 31.3 Å². The number of nitrogens with zero attached hydrogens (tertiary/aromatic N) is 1. The molecular formula is C12H18N2O. The van der Waals surface area contributed by atoms with Crippen LogP contribution in [-0.4, -0.2) is 24.7 Å². The van der Waals surface area contributed by atoms with E-state index < -0.39 is 0 Å². The molecule has 82 valence electrons. The minimum Gasteiger partial charge on any atom is -0.477 e. The van der Waals surface area contributed by atoms with Crippen molar-refractivity contribution in [3.05, 3.63) is 23.9 Å². The van der Waals surface area contributed by atoms with E-state index in [2.05, 4.69) is 10.3 Å². The molecule has 3 heteroatoms. The van der Waals surface area contributed by atoms with Gasteiger partial charge in [0.05, 0.1) is 6.61 Å². The zero-order valence-electron chi connectivity index (χ0n) is 9.20. The van der Waals surface area contributed by atoms with E-state index in [1.807, 2.05) is 25.1 Å². The van der Waals surface area contributed by atoms with Crippen molar-refractivity contribution in [1.82, 2.24) is 10.3 Å². The lowest BCUT2D eigenvalue weighted by Gasteiger charge is -2.22. The molecule has 0 radical (unpaired) electrons. The maximum absolute atomic E-state index is 5.69. The SMILES string of the molecule is Cc1cccc(OCC2CCNCC2)n1. The Balaban J connectivity index is 1.81. The number of aromatic nitrogens is 1. The normalized spacial score (nSPS) is 17.7. The molecule has 0 unspecified atom stereocenters. The van der Waals surface area contributed by atoms with Gasteiger partial charge in [-0.05, 0) is 44.8 Å². The van der Waals surface area contributed by atoms with Crippen LogP contribution in [0.25, 0.3) is 0 Å². The number of rotatable bonds is 3. The highest BCUT2D eigenvalue weighted by atomic mass is 16.5. The molecule has 1 aromatic heterocycles. The Kier molecular flexibility index (Phi) is 3.56. The standard InChI is InChI=1S/C12H18N2O/c1-10-3-2-4-12(14-10)15-9-11-5-7-13-8-6-11/h2-4,11,13H,5-9H2,1H3. The Morgan fingerprint density at radius 2 is 2.20 bits per heavy atom. The van der Waals surface area contributed by atoms with Gasteiger partial charge in [-0.2, -0.15) is 0 Å². The van der Waals surface area contributed by atoms with Crippen molar-refractivity contribution >= 4 is 0 Å². The third-order valence-electron chi connectivity index (χ3n) is 2.79. The third kappa shape index (κ3) is 3.20. The fourth-order valence-corrected chi connectivity index (χ4v) is 1.85. The zero-order chi connectivity index (χ0) is 10.5. The van der Waals surface area contributed by atoms with Crippen LogP contribution in [-0.2, 0) is 0 Å². The lowest BCUT2D eigenvalue weighted by atomic mass is 9.99. The summed E-state index contributed by atoms with van der Waals surface area (Å²) < 4.78 is 5.69. The molecule has 1 aliphatic heterocycles. The summed E-state index contributed by atoms with van der Waals surface area (Å²) in [5.74, 6) is 1.45. The zero-order valence-corrected chi connectivity index (χ0v) is 9.20. The molecule has 0 saturated carbocycles. The molecule has 1 aliphatic rings. The molecule has 0 atom stereocenters. The summed E-state index contributed by atoms with van der Waals surface area (Å²) in [7, 11) is 0. The van der Waals surface area contributed by atoms with Gasteiger partial charge in [-0.25, -0.2) is 4.98 Å². The lowest BCUT2D eigenvalue weighted by Crippen LogP contribution is -2.30. The van der Waals surface area contributed by atoms with Gasteiger partial charge in [0.2, 0.25) is 5.88 Å². The monoisotopic (exact) mass is 206 g/mol. The fraction of sp³-hybridized carbons (Fsp3) is 0.583. The Morgan fingerprint density at radius 1 is 1.40 bits per heavy atom. The third-order valence-corrected chi connectivity index (χ3v) is 2.79. The number of aryl methyl sites for hydroxylation is 1. The summed E-state index contributed by atoms with van der Waals surface area (Å²) in [5, 5.41) is 3.35. The van der Waals surface area contributed by atoms with Gasteiger partial charge in [-0.1, -0.05) is 6.07 Å². The molecule has 0 amide bonds. The Labute approximate surface area is 90.9 Å².